The molecule has 1 heterocycles. The van der Waals surface area contributed by atoms with Crippen molar-refractivity contribution < 1.29 is 17.6 Å². The Kier molecular flexibility index (Phi) is 6.74. The molecule has 1 saturated heterocycles. The summed E-state index contributed by atoms with van der Waals surface area (Å²) in [7, 11) is -3.51. The zero-order chi connectivity index (χ0) is 17.6. The molecule has 0 aromatic heterocycles. The van der Waals surface area contributed by atoms with E-state index in [-0.39, 0.29) is 30.3 Å². The lowest BCUT2D eigenvalue weighted by Gasteiger charge is -2.33. The van der Waals surface area contributed by atoms with E-state index in [1.54, 1.807) is 12.1 Å². The van der Waals surface area contributed by atoms with Crippen molar-refractivity contribution in [1.82, 2.24) is 4.90 Å². The molecule has 1 atom stereocenters. The molecule has 2 rings (SSSR count). The van der Waals surface area contributed by atoms with Crippen LogP contribution in [0.25, 0.3) is 0 Å². The number of rotatable bonds is 7. The molecule has 1 fully saturated rings. The van der Waals surface area contributed by atoms with E-state index < -0.39 is 10.0 Å². The number of aryl methyl sites for hydroxylation is 1. The molecule has 0 radical (unpaired) electrons. The highest BCUT2D eigenvalue weighted by Gasteiger charge is 2.23. The molecule has 7 heteroatoms. The highest BCUT2D eigenvalue weighted by atomic mass is 32.2. The maximum atomic E-state index is 13.2. The number of carbonyl (C=O) groups excluding carboxylic acids is 1. The van der Waals surface area contributed by atoms with Crippen molar-refractivity contribution in [3.63, 3.8) is 0 Å². The predicted octanol–water partition coefficient (Wildman–Crippen LogP) is 2.07. The summed E-state index contributed by atoms with van der Waals surface area (Å²) >= 11 is 0. The van der Waals surface area contributed by atoms with Crippen LogP contribution in [-0.2, 0) is 21.2 Å². The molecular formula is C17H25FN2O3S. The lowest BCUT2D eigenvalue weighted by molar-refractivity contribution is -0.133. The Morgan fingerprint density at radius 1 is 1.38 bits per heavy atom. The third-order valence-electron chi connectivity index (χ3n) is 4.42. The molecule has 0 spiro atoms. The predicted molar refractivity (Wildman–Crippen MR) is 91.2 cm³/mol. The Morgan fingerprint density at radius 3 is 2.88 bits per heavy atom. The maximum Gasteiger partial charge on any atom is 0.222 e. The third kappa shape index (κ3) is 6.57. The highest BCUT2D eigenvalue weighted by molar-refractivity contribution is 7.89. The average molecular weight is 356 g/mol. The maximum absolute atomic E-state index is 13.2. The molecule has 1 aromatic carbocycles. The number of piperidine rings is 1. The van der Waals surface area contributed by atoms with Crippen LogP contribution >= 0.6 is 0 Å². The molecule has 134 valence electrons. The van der Waals surface area contributed by atoms with Gasteiger partial charge >= 0.3 is 0 Å². The van der Waals surface area contributed by atoms with Gasteiger partial charge in [0.15, 0.2) is 0 Å². The van der Waals surface area contributed by atoms with E-state index in [1.807, 2.05) is 11.0 Å². The molecule has 0 saturated carbocycles. The Bertz CT molecular complexity index is 664. The van der Waals surface area contributed by atoms with Gasteiger partial charge in [0.2, 0.25) is 15.9 Å². The first-order valence-electron chi connectivity index (χ1n) is 8.36. The van der Waals surface area contributed by atoms with Gasteiger partial charge in [0.05, 0.1) is 5.75 Å². The standard InChI is InChI=1S/C17H25FN2O3S/c18-16-6-1-4-14(12-16)8-9-15-5-2-10-20(13-15)17(21)7-3-11-24(19,22)23/h1,4,6,12,15H,2-3,5,7-11,13H2,(H2,19,22,23)/t15-/m1/s1. The summed E-state index contributed by atoms with van der Waals surface area (Å²) in [5, 5.41) is 4.95. The Morgan fingerprint density at radius 2 is 2.17 bits per heavy atom. The number of carbonyl (C=O) groups is 1. The van der Waals surface area contributed by atoms with Crippen LogP contribution in [0, 0.1) is 11.7 Å². The van der Waals surface area contributed by atoms with E-state index in [2.05, 4.69) is 0 Å². The van der Waals surface area contributed by atoms with Gasteiger partial charge in [0, 0.05) is 19.5 Å². The lowest BCUT2D eigenvalue weighted by Crippen LogP contribution is -2.40. The second-order valence-corrected chi connectivity index (χ2v) is 8.22. The Labute approximate surface area is 143 Å². The number of hydrogen-bond donors (Lipinski definition) is 1. The van der Waals surface area contributed by atoms with Gasteiger partial charge in [-0.25, -0.2) is 17.9 Å². The Balaban J connectivity index is 1.77. The van der Waals surface area contributed by atoms with Crippen molar-refractivity contribution in [3.8, 4) is 0 Å². The molecule has 1 aliphatic heterocycles. The van der Waals surface area contributed by atoms with Crippen molar-refractivity contribution in [2.24, 2.45) is 11.1 Å². The number of halogens is 1. The zero-order valence-corrected chi connectivity index (χ0v) is 14.6. The average Bonchev–Trinajstić information content (AvgIpc) is 2.52. The van der Waals surface area contributed by atoms with Gasteiger partial charge in [-0.1, -0.05) is 12.1 Å². The molecule has 0 aliphatic carbocycles. The van der Waals surface area contributed by atoms with Gasteiger partial charge < -0.3 is 4.90 Å². The molecule has 1 aromatic rings. The summed E-state index contributed by atoms with van der Waals surface area (Å²) in [6.07, 6.45) is 4.22. The van der Waals surface area contributed by atoms with E-state index in [1.165, 1.54) is 6.07 Å². The number of hydrogen-bond acceptors (Lipinski definition) is 3. The van der Waals surface area contributed by atoms with Crippen molar-refractivity contribution in [2.45, 2.75) is 38.5 Å². The van der Waals surface area contributed by atoms with Gasteiger partial charge in [-0.15, -0.1) is 0 Å². The zero-order valence-electron chi connectivity index (χ0n) is 13.8. The normalized spacial score (nSPS) is 18.6. The minimum absolute atomic E-state index is 0.00546. The van der Waals surface area contributed by atoms with Crippen LogP contribution in [-0.4, -0.2) is 38.1 Å². The molecule has 5 nitrogen and oxygen atoms in total. The van der Waals surface area contributed by atoms with Gasteiger partial charge in [-0.05, 0) is 55.7 Å². The van der Waals surface area contributed by atoms with E-state index in [0.29, 0.717) is 12.5 Å². The summed E-state index contributed by atoms with van der Waals surface area (Å²) < 4.78 is 35.0. The summed E-state index contributed by atoms with van der Waals surface area (Å²) in [6, 6.07) is 6.63. The van der Waals surface area contributed by atoms with Crippen LogP contribution in [0.3, 0.4) is 0 Å². The topological polar surface area (TPSA) is 80.5 Å². The second kappa shape index (κ2) is 8.58. The SMILES string of the molecule is NS(=O)(=O)CCCC(=O)N1CCC[C@H](CCc2cccc(F)c2)C1. The summed E-state index contributed by atoms with van der Waals surface area (Å²) in [5.41, 5.74) is 0.978. The van der Waals surface area contributed by atoms with E-state index in [4.69, 9.17) is 5.14 Å². The van der Waals surface area contributed by atoms with Crippen LogP contribution in [0.15, 0.2) is 24.3 Å². The summed E-state index contributed by atoms with van der Waals surface area (Å²) in [4.78, 5) is 14.0. The molecular weight excluding hydrogens is 331 g/mol. The fourth-order valence-corrected chi connectivity index (χ4v) is 3.72. The van der Waals surface area contributed by atoms with Crippen LogP contribution in [0.1, 0.15) is 37.7 Å². The van der Waals surface area contributed by atoms with Crippen molar-refractivity contribution >= 4 is 15.9 Å². The molecule has 0 unspecified atom stereocenters. The highest BCUT2D eigenvalue weighted by Crippen LogP contribution is 2.22. The lowest BCUT2D eigenvalue weighted by atomic mass is 9.91. The fourth-order valence-electron chi connectivity index (χ4n) is 3.17. The first-order chi connectivity index (χ1) is 11.3. The van der Waals surface area contributed by atoms with E-state index in [0.717, 1.165) is 37.8 Å². The van der Waals surface area contributed by atoms with Crippen molar-refractivity contribution in [1.29, 1.82) is 0 Å². The molecule has 0 bridgehead atoms. The number of likely N-dealkylation sites (tertiary alicyclic amines) is 1. The number of sulfonamides is 1. The number of nitrogens with two attached hydrogens (primary N) is 1. The van der Waals surface area contributed by atoms with Crippen LogP contribution in [0.5, 0.6) is 0 Å². The fraction of sp³-hybridized carbons (Fsp3) is 0.588. The first kappa shape index (κ1) is 18.9. The largest absolute Gasteiger partial charge is 0.342 e. The van der Waals surface area contributed by atoms with Crippen LogP contribution < -0.4 is 5.14 Å². The number of amides is 1. The Hall–Kier alpha value is -1.47. The summed E-state index contributed by atoms with van der Waals surface area (Å²) in [5.74, 6) is 0.0244. The second-order valence-electron chi connectivity index (χ2n) is 6.49. The quantitative estimate of drug-likeness (QED) is 0.812. The molecule has 2 N–H and O–H groups in total. The third-order valence-corrected chi connectivity index (χ3v) is 5.28. The van der Waals surface area contributed by atoms with Crippen LogP contribution in [0.2, 0.25) is 0 Å². The number of nitrogens with zero attached hydrogens (tertiary/aromatic N) is 1. The van der Waals surface area contributed by atoms with Gasteiger partial charge in [-0.3, -0.25) is 4.79 Å². The molecule has 24 heavy (non-hydrogen) atoms. The van der Waals surface area contributed by atoms with Crippen molar-refractivity contribution in [2.75, 3.05) is 18.8 Å². The molecule has 1 amide bonds. The first-order valence-corrected chi connectivity index (χ1v) is 10.1. The van der Waals surface area contributed by atoms with Crippen molar-refractivity contribution in [3.05, 3.63) is 35.6 Å². The van der Waals surface area contributed by atoms with Gasteiger partial charge in [0.25, 0.3) is 0 Å². The van der Waals surface area contributed by atoms with E-state index >= 15 is 0 Å². The molecule has 1 aliphatic rings. The van der Waals surface area contributed by atoms with E-state index in [9.17, 15) is 17.6 Å². The summed E-state index contributed by atoms with van der Waals surface area (Å²) in [6.45, 7) is 1.42. The minimum Gasteiger partial charge on any atom is -0.342 e. The number of benzene rings is 1. The smallest absolute Gasteiger partial charge is 0.222 e. The van der Waals surface area contributed by atoms with Crippen LogP contribution in [0.4, 0.5) is 4.39 Å². The monoisotopic (exact) mass is 356 g/mol. The number of primary sulfonamides is 1. The van der Waals surface area contributed by atoms with Gasteiger partial charge in [0.1, 0.15) is 5.82 Å². The van der Waals surface area contributed by atoms with Gasteiger partial charge in [-0.2, -0.15) is 0 Å². The minimum atomic E-state index is -3.51.